The molecule has 3 saturated carbocycles. The number of aliphatic hydroxyl groups excluding tert-OH is 1. The molecule has 0 amide bonds. The third kappa shape index (κ3) is 1.78. The monoisotopic (exact) mass is 288 g/mol. The van der Waals surface area contributed by atoms with E-state index in [0.29, 0.717) is 17.1 Å². The third-order valence-corrected chi connectivity index (χ3v) is 7.80. The summed E-state index contributed by atoms with van der Waals surface area (Å²) in [6.45, 7) is 4.70. The van der Waals surface area contributed by atoms with E-state index in [4.69, 9.17) is 0 Å². The summed E-state index contributed by atoms with van der Waals surface area (Å²) >= 11 is 0. The van der Waals surface area contributed by atoms with Gasteiger partial charge < -0.3 is 5.11 Å². The molecular weight excluding hydrogens is 260 g/mol. The van der Waals surface area contributed by atoms with E-state index < -0.39 is 0 Å². The van der Waals surface area contributed by atoms with Gasteiger partial charge in [-0.15, -0.1) is 0 Å². The smallest absolute Gasteiger partial charge is 0.139 e. The highest BCUT2D eigenvalue weighted by Crippen LogP contribution is 2.64. The van der Waals surface area contributed by atoms with E-state index >= 15 is 0 Å². The van der Waals surface area contributed by atoms with Crippen LogP contribution in [-0.2, 0) is 4.79 Å². The lowest BCUT2D eigenvalue weighted by Gasteiger charge is -2.57. The second kappa shape index (κ2) is 4.44. The molecule has 2 nitrogen and oxygen atoms in total. The summed E-state index contributed by atoms with van der Waals surface area (Å²) in [4.78, 5) is 12.4. The normalized spacial score (nSPS) is 52.7. The van der Waals surface area contributed by atoms with E-state index in [9.17, 15) is 9.90 Å². The second-order valence-corrected chi connectivity index (χ2v) is 8.55. The summed E-state index contributed by atoms with van der Waals surface area (Å²) in [5.41, 5.74) is 1.82. The van der Waals surface area contributed by atoms with Crippen LogP contribution in [0, 0.1) is 28.6 Å². The van der Waals surface area contributed by atoms with Crippen LogP contribution >= 0.6 is 0 Å². The molecule has 4 aliphatic rings. The number of ketones is 1. The fourth-order valence-corrected chi connectivity index (χ4v) is 6.48. The minimum atomic E-state index is -0.216. The van der Waals surface area contributed by atoms with Crippen LogP contribution in [0.15, 0.2) is 11.6 Å². The first kappa shape index (κ1) is 14.0. The maximum atomic E-state index is 12.4. The summed E-state index contributed by atoms with van der Waals surface area (Å²) in [5, 5.41) is 9.96. The van der Waals surface area contributed by atoms with Gasteiger partial charge in [0.15, 0.2) is 0 Å². The number of rotatable bonds is 0. The lowest BCUT2D eigenvalue weighted by atomic mass is 9.47. The summed E-state index contributed by atoms with van der Waals surface area (Å²) < 4.78 is 0. The van der Waals surface area contributed by atoms with Gasteiger partial charge in [0.05, 0.1) is 6.10 Å². The highest BCUT2D eigenvalue weighted by molar-refractivity contribution is 5.87. The number of allylic oxidation sites excluding steroid dienone is 1. The fraction of sp³-hybridized carbons (Fsp3) is 0.842. The van der Waals surface area contributed by atoms with Crippen molar-refractivity contribution < 1.29 is 9.90 Å². The van der Waals surface area contributed by atoms with Crippen LogP contribution in [0.2, 0.25) is 0 Å². The first-order valence-electron chi connectivity index (χ1n) is 8.88. The Bertz CT molecular complexity index is 508. The Labute approximate surface area is 128 Å². The highest BCUT2D eigenvalue weighted by atomic mass is 16.3. The van der Waals surface area contributed by atoms with Crippen LogP contribution in [0.1, 0.15) is 65.2 Å². The van der Waals surface area contributed by atoms with Crippen molar-refractivity contribution >= 4 is 5.78 Å². The molecule has 0 radical (unpaired) electrons. The number of Topliss-reactive ketones (excluding diaryl/α,β-unsaturated/α-hetero) is 1. The van der Waals surface area contributed by atoms with Crippen molar-refractivity contribution in [2.75, 3.05) is 0 Å². The predicted molar refractivity (Wildman–Crippen MR) is 82.7 cm³/mol. The molecule has 0 unspecified atom stereocenters. The van der Waals surface area contributed by atoms with Gasteiger partial charge >= 0.3 is 0 Å². The first-order chi connectivity index (χ1) is 9.95. The summed E-state index contributed by atoms with van der Waals surface area (Å²) in [6.07, 6.45) is 10.7. The van der Waals surface area contributed by atoms with Gasteiger partial charge in [-0.3, -0.25) is 4.79 Å². The third-order valence-electron chi connectivity index (χ3n) is 7.80. The summed E-state index contributed by atoms with van der Waals surface area (Å²) in [5.74, 6) is 2.66. The minimum absolute atomic E-state index is 0.00702. The molecule has 21 heavy (non-hydrogen) atoms. The average molecular weight is 288 g/mol. The summed E-state index contributed by atoms with van der Waals surface area (Å²) in [6, 6.07) is 0. The number of carbonyl (C=O) groups is 1. The van der Waals surface area contributed by atoms with E-state index in [1.165, 1.54) is 18.4 Å². The van der Waals surface area contributed by atoms with Gasteiger partial charge in [-0.05, 0) is 68.1 Å². The molecule has 0 saturated heterocycles. The predicted octanol–water partition coefficient (Wildman–Crippen LogP) is 3.88. The van der Waals surface area contributed by atoms with Gasteiger partial charge in [-0.1, -0.05) is 25.5 Å². The first-order valence-corrected chi connectivity index (χ1v) is 8.88. The molecule has 4 aliphatic carbocycles. The van der Waals surface area contributed by atoms with Crippen molar-refractivity contribution in [3.8, 4) is 0 Å². The Morgan fingerprint density at radius 1 is 1.00 bits per heavy atom. The van der Waals surface area contributed by atoms with Crippen molar-refractivity contribution in [3.63, 3.8) is 0 Å². The highest BCUT2D eigenvalue weighted by Gasteiger charge is 2.58. The molecule has 0 bridgehead atoms. The molecule has 116 valence electrons. The van der Waals surface area contributed by atoms with Crippen molar-refractivity contribution in [1.82, 2.24) is 0 Å². The van der Waals surface area contributed by atoms with Crippen molar-refractivity contribution in [2.45, 2.75) is 71.3 Å². The molecule has 0 aromatic heterocycles. The van der Waals surface area contributed by atoms with Crippen LogP contribution in [-0.4, -0.2) is 17.0 Å². The SMILES string of the molecule is C[C@]12CC[C@@H](O)C=C1CC[C@@H]1[C@H]2CC[C@]2(C)C(=O)CC[C@@H]12. The Hall–Kier alpha value is -0.630. The van der Waals surface area contributed by atoms with Gasteiger partial charge in [0.1, 0.15) is 5.78 Å². The van der Waals surface area contributed by atoms with Crippen molar-refractivity contribution in [2.24, 2.45) is 28.6 Å². The zero-order chi connectivity index (χ0) is 14.8. The zero-order valence-corrected chi connectivity index (χ0v) is 13.4. The Balaban J connectivity index is 1.69. The number of carbonyl (C=O) groups excluding carboxylic acids is 1. The maximum absolute atomic E-state index is 12.4. The van der Waals surface area contributed by atoms with E-state index in [-0.39, 0.29) is 11.5 Å². The van der Waals surface area contributed by atoms with E-state index in [0.717, 1.165) is 50.4 Å². The molecule has 0 aromatic carbocycles. The van der Waals surface area contributed by atoms with E-state index in [1.54, 1.807) is 0 Å². The summed E-state index contributed by atoms with van der Waals surface area (Å²) in [7, 11) is 0. The largest absolute Gasteiger partial charge is 0.389 e. The molecule has 0 spiro atoms. The van der Waals surface area contributed by atoms with E-state index in [1.807, 2.05) is 0 Å². The fourth-order valence-electron chi connectivity index (χ4n) is 6.48. The molecule has 6 atom stereocenters. The van der Waals surface area contributed by atoms with Gasteiger partial charge in [0.25, 0.3) is 0 Å². The number of hydrogen-bond donors (Lipinski definition) is 1. The van der Waals surface area contributed by atoms with Crippen LogP contribution in [0.5, 0.6) is 0 Å². The topological polar surface area (TPSA) is 37.3 Å². The molecule has 1 N–H and O–H groups in total. The van der Waals surface area contributed by atoms with Gasteiger partial charge in [-0.2, -0.15) is 0 Å². The second-order valence-electron chi connectivity index (χ2n) is 8.55. The Morgan fingerprint density at radius 2 is 1.71 bits per heavy atom. The Kier molecular flexibility index (Phi) is 2.96. The number of fused-ring (bicyclic) bond motifs is 5. The van der Waals surface area contributed by atoms with Gasteiger partial charge in [0.2, 0.25) is 0 Å². The van der Waals surface area contributed by atoms with Crippen LogP contribution in [0.3, 0.4) is 0 Å². The van der Waals surface area contributed by atoms with Crippen molar-refractivity contribution in [3.05, 3.63) is 11.6 Å². The Morgan fingerprint density at radius 3 is 2.52 bits per heavy atom. The molecule has 3 fully saturated rings. The molecule has 2 heteroatoms. The van der Waals surface area contributed by atoms with Gasteiger partial charge in [-0.25, -0.2) is 0 Å². The molecular formula is C19H28O2. The van der Waals surface area contributed by atoms with Crippen molar-refractivity contribution in [1.29, 1.82) is 0 Å². The standard InChI is InChI=1S/C19H28O2/c1-18-9-7-13(20)11-12(18)3-4-14-15-5-6-17(21)19(15,2)10-8-16(14)18/h11,13-16,20H,3-10H2,1-2H3/t13-,14+,15+,16-,18+,19+/m1/s1. The van der Waals surface area contributed by atoms with Gasteiger partial charge in [0, 0.05) is 11.8 Å². The quantitative estimate of drug-likeness (QED) is 0.687. The molecule has 4 rings (SSSR count). The average Bonchev–Trinajstić information content (AvgIpc) is 2.76. The molecule has 0 aliphatic heterocycles. The van der Waals surface area contributed by atoms with Crippen LogP contribution in [0.4, 0.5) is 0 Å². The number of aliphatic hydroxyl groups is 1. The lowest BCUT2D eigenvalue weighted by molar-refractivity contribution is -0.132. The number of hydrogen-bond acceptors (Lipinski definition) is 2. The van der Waals surface area contributed by atoms with Crippen LogP contribution < -0.4 is 0 Å². The zero-order valence-electron chi connectivity index (χ0n) is 13.4. The molecule has 0 heterocycles. The minimum Gasteiger partial charge on any atom is -0.389 e. The lowest BCUT2D eigenvalue weighted by Crippen LogP contribution is -2.50. The maximum Gasteiger partial charge on any atom is 0.139 e. The van der Waals surface area contributed by atoms with E-state index in [2.05, 4.69) is 19.9 Å². The van der Waals surface area contributed by atoms with Crippen LogP contribution in [0.25, 0.3) is 0 Å². The molecule has 0 aromatic rings.